The number of thioether (sulfide) groups is 3. The van der Waals surface area contributed by atoms with Crippen molar-refractivity contribution in [2.24, 2.45) is 10.9 Å². The molecule has 2 aliphatic heterocycles. The van der Waals surface area contributed by atoms with Gasteiger partial charge in [0.15, 0.2) is 5.71 Å². The van der Waals surface area contributed by atoms with Crippen molar-refractivity contribution in [2.45, 2.75) is 22.1 Å². The Morgan fingerprint density at radius 3 is 2.73 bits per heavy atom. The van der Waals surface area contributed by atoms with Gasteiger partial charge >= 0.3 is 5.97 Å². The second-order valence-electron chi connectivity index (χ2n) is 7.89. The van der Waals surface area contributed by atoms with E-state index in [4.69, 9.17) is 11.5 Å². The molecule has 2 amide bonds. The predicted molar refractivity (Wildman–Crippen MR) is 144 cm³/mol. The van der Waals surface area contributed by atoms with Crippen LogP contribution in [0, 0.1) is 0 Å². The lowest BCUT2D eigenvalue weighted by atomic mass is 10.0. The molecule has 2 aromatic rings. The number of carboxylic acid groups (broad SMARTS) is 1. The lowest BCUT2D eigenvalue weighted by Gasteiger charge is -2.49. The molecule has 37 heavy (non-hydrogen) atoms. The Morgan fingerprint density at radius 1 is 1.24 bits per heavy atom. The number of hydrogen-bond donors (Lipinski definition) is 5. The number of pyridine rings is 1. The molecular formula is C23H24N6O5S3. The fourth-order valence-corrected chi connectivity index (χ4v) is 7.27. The molecule has 0 radical (unpaired) electrons. The highest BCUT2D eigenvalue weighted by molar-refractivity contribution is 8.06. The van der Waals surface area contributed by atoms with E-state index in [-0.39, 0.29) is 17.2 Å². The van der Waals surface area contributed by atoms with E-state index >= 15 is 0 Å². The molecule has 0 unspecified atom stereocenters. The first-order chi connectivity index (χ1) is 17.8. The van der Waals surface area contributed by atoms with Crippen molar-refractivity contribution >= 4 is 64.6 Å². The van der Waals surface area contributed by atoms with Crippen molar-refractivity contribution in [1.82, 2.24) is 15.2 Å². The topological polar surface area (TPSA) is 184 Å². The summed E-state index contributed by atoms with van der Waals surface area (Å²) in [6.45, 7) is 0.572. The van der Waals surface area contributed by atoms with Crippen molar-refractivity contribution in [3.8, 4) is 0 Å². The number of hydrogen-bond acceptors (Lipinski definition) is 11. The molecule has 1 aromatic heterocycles. The molecule has 4 rings (SSSR count). The highest BCUT2D eigenvalue weighted by Crippen LogP contribution is 2.45. The molecule has 1 aromatic carbocycles. The van der Waals surface area contributed by atoms with Gasteiger partial charge in [-0.15, -0.1) is 11.8 Å². The zero-order valence-corrected chi connectivity index (χ0v) is 21.8. The van der Waals surface area contributed by atoms with Crippen LogP contribution in [0.15, 0.2) is 63.1 Å². The second-order valence-corrected chi connectivity index (χ2v) is 11.2. The summed E-state index contributed by atoms with van der Waals surface area (Å²) in [7, 11) is 0. The lowest BCUT2D eigenvalue weighted by molar-refractivity contribution is -0.150. The maximum absolute atomic E-state index is 13.0. The van der Waals surface area contributed by atoms with Crippen LogP contribution >= 0.6 is 35.3 Å². The fourth-order valence-electron chi connectivity index (χ4n) is 3.80. The Hall–Kier alpha value is -3.20. The number of oxime groups is 1. The Bertz CT molecular complexity index is 1290. The van der Waals surface area contributed by atoms with Gasteiger partial charge in [-0.05, 0) is 23.8 Å². The first-order valence-electron chi connectivity index (χ1n) is 11.1. The number of aromatic nitrogens is 1. The number of β-lactam (4-membered cyclic amide) rings is 1. The number of rotatable bonds is 10. The number of nitrogens with two attached hydrogens (primary N) is 2. The van der Waals surface area contributed by atoms with Crippen LogP contribution in [-0.4, -0.2) is 73.2 Å². The molecule has 2 atom stereocenters. The summed E-state index contributed by atoms with van der Waals surface area (Å²) in [6, 6.07) is 11.2. The molecule has 1 saturated heterocycles. The van der Waals surface area contributed by atoms with E-state index in [1.165, 1.54) is 40.6 Å². The van der Waals surface area contributed by atoms with Crippen molar-refractivity contribution in [2.75, 3.05) is 23.8 Å². The van der Waals surface area contributed by atoms with E-state index < -0.39 is 34.9 Å². The fraction of sp³-hybridized carbons (Fsp3) is 0.261. The standard InChI is InChI=1S/C23H24N6O5S3/c24-8-9-35-10-12-4-1-2-6-14(12)37-15-11-36-22-18(21(31)29(22)19(15)23(32)33)27-20(30)17(28-34)13-5-3-7-16(25)26-13/h1-7,18,22,34H,8-11,24H2,(H2,25,26)(H,27,30)(H,32,33)/b28-17+/t18-,22-/m1/s1. The normalized spacial score (nSPS) is 19.3. The summed E-state index contributed by atoms with van der Waals surface area (Å²) in [6.07, 6.45) is 0. The first-order valence-corrected chi connectivity index (χ1v) is 14.1. The number of benzene rings is 1. The van der Waals surface area contributed by atoms with Crippen LogP contribution in [0.1, 0.15) is 11.3 Å². The van der Waals surface area contributed by atoms with Crippen LogP contribution < -0.4 is 16.8 Å². The minimum Gasteiger partial charge on any atom is -0.477 e. The molecule has 14 heteroatoms. The largest absolute Gasteiger partial charge is 0.477 e. The number of anilines is 1. The number of carbonyl (C=O) groups is 3. The van der Waals surface area contributed by atoms with Crippen LogP contribution in [0.3, 0.4) is 0 Å². The number of nitrogens with one attached hydrogen (secondary N) is 1. The smallest absolute Gasteiger partial charge is 0.353 e. The maximum Gasteiger partial charge on any atom is 0.353 e. The van der Waals surface area contributed by atoms with Crippen LogP contribution in [0.25, 0.3) is 0 Å². The summed E-state index contributed by atoms with van der Waals surface area (Å²) in [5.74, 6) is -0.599. The Kier molecular flexibility index (Phi) is 8.63. The third kappa shape index (κ3) is 5.71. The van der Waals surface area contributed by atoms with Gasteiger partial charge in [-0.25, -0.2) is 9.78 Å². The van der Waals surface area contributed by atoms with Crippen LogP contribution in [-0.2, 0) is 20.1 Å². The minimum atomic E-state index is -1.22. The van der Waals surface area contributed by atoms with E-state index in [0.29, 0.717) is 17.2 Å². The SMILES string of the molecule is NCCSCc1ccccc1SC1=C(C(=O)O)N2C(=O)[C@@H](NC(=O)/C(=N/O)c3cccc(N)n3)[C@H]2SC1. The van der Waals surface area contributed by atoms with Gasteiger partial charge < -0.3 is 27.1 Å². The number of nitrogen functional groups attached to an aromatic ring is 1. The molecular weight excluding hydrogens is 536 g/mol. The highest BCUT2D eigenvalue weighted by atomic mass is 32.2. The maximum atomic E-state index is 13.0. The number of amides is 2. The van der Waals surface area contributed by atoms with E-state index in [2.05, 4.69) is 15.5 Å². The monoisotopic (exact) mass is 560 g/mol. The van der Waals surface area contributed by atoms with Gasteiger partial charge in [0, 0.05) is 33.6 Å². The minimum absolute atomic E-state index is 0.0352. The highest BCUT2D eigenvalue weighted by Gasteiger charge is 2.54. The van der Waals surface area contributed by atoms with Crippen LogP contribution in [0.2, 0.25) is 0 Å². The summed E-state index contributed by atoms with van der Waals surface area (Å²) < 4.78 is 0. The Balaban J connectivity index is 1.52. The Labute approximate surface area is 225 Å². The molecule has 2 aliphatic rings. The van der Waals surface area contributed by atoms with E-state index in [1.807, 2.05) is 24.3 Å². The number of carbonyl (C=O) groups excluding carboxylic acids is 2. The summed E-state index contributed by atoms with van der Waals surface area (Å²) in [5.41, 5.74) is 11.8. The average Bonchev–Trinajstić information content (AvgIpc) is 2.88. The molecule has 194 valence electrons. The van der Waals surface area contributed by atoms with Crippen molar-refractivity contribution in [3.05, 3.63) is 64.3 Å². The first kappa shape index (κ1) is 26.9. The van der Waals surface area contributed by atoms with Crippen LogP contribution in [0.4, 0.5) is 5.82 Å². The number of fused-ring (bicyclic) bond motifs is 1. The van der Waals surface area contributed by atoms with Crippen molar-refractivity contribution < 1.29 is 24.7 Å². The van der Waals surface area contributed by atoms with Gasteiger partial charge in [0.1, 0.15) is 28.6 Å². The van der Waals surface area contributed by atoms with E-state index in [9.17, 15) is 24.7 Å². The molecule has 3 heterocycles. The zero-order chi connectivity index (χ0) is 26.5. The molecule has 0 aliphatic carbocycles. The molecule has 1 fully saturated rings. The summed E-state index contributed by atoms with van der Waals surface area (Å²) in [5, 5.41) is 24.3. The van der Waals surface area contributed by atoms with Gasteiger partial charge in [0.05, 0.1) is 0 Å². The second kappa shape index (κ2) is 11.9. The third-order valence-corrected chi connectivity index (χ3v) is 9.18. The summed E-state index contributed by atoms with van der Waals surface area (Å²) >= 11 is 4.37. The zero-order valence-electron chi connectivity index (χ0n) is 19.4. The lowest BCUT2D eigenvalue weighted by Crippen LogP contribution is -2.71. The quantitative estimate of drug-likeness (QED) is 0.0933. The molecule has 0 spiro atoms. The predicted octanol–water partition coefficient (Wildman–Crippen LogP) is 1.52. The molecule has 0 bridgehead atoms. The third-order valence-electron chi connectivity index (χ3n) is 5.48. The average molecular weight is 561 g/mol. The van der Waals surface area contributed by atoms with Gasteiger partial charge in [-0.2, -0.15) is 11.8 Å². The Morgan fingerprint density at radius 2 is 2.03 bits per heavy atom. The van der Waals surface area contributed by atoms with E-state index in [0.717, 1.165) is 22.0 Å². The van der Waals surface area contributed by atoms with Gasteiger partial charge in [0.25, 0.3) is 11.8 Å². The molecule has 0 saturated carbocycles. The number of carboxylic acids is 1. The van der Waals surface area contributed by atoms with Crippen LogP contribution in [0.5, 0.6) is 0 Å². The molecule has 11 nitrogen and oxygen atoms in total. The van der Waals surface area contributed by atoms with Crippen molar-refractivity contribution in [1.29, 1.82) is 0 Å². The van der Waals surface area contributed by atoms with E-state index in [1.54, 1.807) is 17.8 Å². The number of aliphatic carboxylic acids is 1. The van der Waals surface area contributed by atoms with Gasteiger partial charge in [-0.1, -0.05) is 41.2 Å². The van der Waals surface area contributed by atoms with Gasteiger partial charge in [0.2, 0.25) is 0 Å². The molecule has 7 N–H and O–H groups in total. The summed E-state index contributed by atoms with van der Waals surface area (Å²) in [4.78, 5) is 44.7. The van der Waals surface area contributed by atoms with Crippen molar-refractivity contribution in [3.63, 3.8) is 0 Å². The number of nitrogens with zero attached hydrogens (tertiary/aromatic N) is 3. The van der Waals surface area contributed by atoms with Gasteiger partial charge in [-0.3, -0.25) is 14.5 Å².